The number of hydrogen-bond donors (Lipinski definition) is 2. The summed E-state index contributed by atoms with van der Waals surface area (Å²) in [4.78, 5) is 12.4. The van der Waals surface area contributed by atoms with Gasteiger partial charge in [-0.25, -0.2) is 8.42 Å². The Kier molecular flexibility index (Phi) is 6.09. The number of aromatic nitrogens is 1. The summed E-state index contributed by atoms with van der Waals surface area (Å²) < 4.78 is 33.8. The van der Waals surface area contributed by atoms with Crippen LogP contribution in [0.5, 0.6) is 0 Å². The topological polar surface area (TPSA) is 101 Å². The van der Waals surface area contributed by atoms with E-state index in [0.29, 0.717) is 27.3 Å². The van der Waals surface area contributed by atoms with Crippen molar-refractivity contribution >= 4 is 43.2 Å². The summed E-state index contributed by atoms with van der Waals surface area (Å²) in [6.07, 6.45) is 0.0899. The fourth-order valence-electron chi connectivity index (χ4n) is 2.78. The van der Waals surface area contributed by atoms with Crippen LogP contribution in [0.3, 0.4) is 0 Å². The van der Waals surface area contributed by atoms with E-state index in [4.69, 9.17) is 4.52 Å². The highest BCUT2D eigenvalue weighted by atomic mass is 79.9. The van der Waals surface area contributed by atoms with Gasteiger partial charge in [0.2, 0.25) is 5.91 Å². The van der Waals surface area contributed by atoms with Gasteiger partial charge in [0.25, 0.3) is 10.0 Å². The molecule has 0 aliphatic carbocycles. The lowest BCUT2D eigenvalue weighted by molar-refractivity contribution is -0.115. The van der Waals surface area contributed by atoms with E-state index < -0.39 is 10.0 Å². The van der Waals surface area contributed by atoms with E-state index in [1.807, 2.05) is 13.0 Å². The molecule has 1 aromatic heterocycles. The minimum atomic E-state index is -3.83. The van der Waals surface area contributed by atoms with Gasteiger partial charge in [-0.05, 0) is 72.6 Å². The first-order chi connectivity index (χ1) is 13.7. The maximum absolute atomic E-state index is 12.8. The highest BCUT2D eigenvalue weighted by Gasteiger charge is 2.18. The van der Waals surface area contributed by atoms with Gasteiger partial charge in [-0.1, -0.05) is 17.3 Å². The Morgan fingerprint density at radius 3 is 2.59 bits per heavy atom. The van der Waals surface area contributed by atoms with Crippen LogP contribution in [0.15, 0.2) is 56.4 Å². The molecule has 3 rings (SSSR count). The van der Waals surface area contributed by atoms with Gasteiger partial charge < -0.3 is 9.84 Å². The van der Waals surface area contributed by atoms with Crippen molar-refractivity contribution in [2.45, 2.75) is 32.1 Å². The Bertz CT molecular complexity index is 1150. The summed E-state index contributed by atoms with van der Waals surface area (Å²) in [6.45, 7) is 5.38. The van der Waals surface area contributed by atoms with Crippen LogP contribution in [0.2, 0.25) is 0 Å². The second-order valence-corrected chi connectivity index (χ2v) is 9.18. The molecule has 0 saturated carbocycles. The molecule has 29 heavy (non-hydrogen) atoms. The average Bonchev–Trinajstić information content (AvgIpc) is 2.96. The van der Waals surface area contributed by atoms with Gasteiger partial charge in [0.15, 0.2) is 0 Å². The minimum absolute atomic E-state index is 0.0426. The van der Waals surface area contributed by atoms with Crippen molar-refractivity contribution in [1.82, 2.24) is 5.16 Å². The lowest BCUT2D eigenvalue weighted by Gasteiger charge is -2.12. The standard InChI is InChI=1S/C20H20BrN3O4S/c1-12-7-8-18(21)19(9-12)24-29(26,27)16-6-4-5-15(10-16)22-20(25)11-17-13(2)23-28-14(17)3/h4-10,24H,11H2,1-3H3,(H,22,25). The number of halogens is 1. The molecule has 0 unspecified atom stereocenters. The molecule has 0 fully saturated rings. The molecule has 9 heteroatoms. The second kappa shape index (κ2) is 8.38. The van der Waals surface area contributed by atoms with Crippen molar-refractivity contribution in [3.05, 3.63) is 69.5 Å². The fourth-order valence-corrected chi connectivity index (χ4v) is 4.38. The molecule has 1 amide bonds. The molecule has 0 radical (unpaired) electrons. The van der Waals surface area contributed by atoms with Gasteiger partial charge in [-0.2, -0.15) is 0 Å². The van der Waals surface area contributed by atoms with Crippen molar-refractivity contribution in [2.24, 2.45) is 0 Å². The van der Waals surface area contributed by atoms with Gasteiger partial charge in [0.1, 0.15) is 5.76 Å². The van der Waals surface area contributed by atoms with Crippen molar-refractivity contribution in [3.8, 4) is 0 Å². The summed E-state index contributed by atoms with van der Waals surface area (Å²) in [5.41, 5.74) is 3.12. The fraction of sp³-hybridized carbons (Fsp3) is 0.200. The molecule has 0 aliphatic heterocycles. The molecule has 2 N–H and O–H groups in total. The summed E-state index contributed by atoms with van der Waals surface area (Å²) >= 11 is 3.35. The van der Waals surface area contributed by atoms with E-state index in [1.165, 1.54) is 12.1 Å². The summed E-state index contributed by atoms with van der Waals surface area (Å²) in [5.74, 6) is 0.297. The summed E-state index contributed by atoms with van der Waals surface area (Å²) in [7, 11) is -3.83. The zero-order chi connectivity index (χ0) is 21.2. The third kappa shape index (κ3) is 5.04. The van der Waals surface area contributed by atoms with Gasteiger partial charge in [-0.3, -0.25) is 9.52 Å². The molecular formula is C20H20BrN3O4S. The SMILES string of the molecule is Cc1ccc(Br)c(NS(=O)(=O)c2cccc(NC(=O)Cc3c(C)noc3C)c2)c1. The quantitative estimate of drug-likeness (QED) is 0.549. The average molecular weight is 478 g/mol. The van der Waals surface area contributed by atoms with Crippen molar-refractivity contribution in [2.75, 3.05) is 10.0 Å². The Balaban J connectivity index is 1.78. The van der Waals surface area contributed by atoms with Crippen LogP contribution in [0.4, 0.5) is 11.4 Å². The number of carbonyl (C=O) groups excluding carboxylic acids is 1. The predicted molar refractivity (Wildman–Crippen MR) is 114 cm³/mol. The van der Waals surface area contributed by atoms with E-state index >= 15 is 0 Å². The molecule has 7 nitrogen and oxygen atoms in total. The number of amides is 1. The van der Waals surface area contributed by atoms with Crippen LogP contribution in [-0.4, -0.2) is 19.5 Å². The normalized spacial score (nSPS) is 11.3. The van der Waals surface area contributed by atoms with Crippen LogP contribution in [0, 0.1) is 20.8 Å². The number of benzene rings is 2. The molecular weight excluding hydrogens is 458 g/mol. The first kappa shape index (κ1) is 21.1. The Morgan fingerprint density at radius 1 is 1.14 bits per heavy atom. The monoisotopic (exact) mass is 477 g/mol. The molecule has 0 bridgehead atoms. The first-order valence-corrected chi connectivity index (χ1v) is 11.0. The number of hydrogen-bond acceptors (Lipinski definition) is 5. The van der Waals surface area contributed by atoms with Crippen LogP contribution >= 0.6 is 15.9 Å². The summed E-state index contributed by atoms with van der Waals surface area (Å²) in [5, 5.41) is 6.55. The third-order valence-electron chi connectivity index (χ3n) is 4.31. The van der Waals surface area contributed by atoms with Crippen molar-refractivity contribution in [1.29, 1.82) is 0 Å². The highest BCUT2D eigenvalue weighted by molar-refractivity contribution is 9.10. The maximum atomic E-state index is 12.8. The lowest BCUT2D eigenvalue weighted by Crippen LogP contribution is -2.17. The van der Waals surface area contributed by atoms with Crippen LogP contribution in [0.1, 0.15) is 22.6 Å². The van der Waals surface area contributed by atoms with Gasteiger partial charge >= 0.3 is 0 Å². The first-order valence-electron chi connectivity index (χ1n) is 8.76. The van der Waals surface area contributed by atoms with E-state index in [1.54, 1.807) is 38.1 Å². The van der Waals surface area contributed by atoms with E-state index in [0.717, 1.165) is 11.1 Å². The number of nitrogens with one attached hydrogen (secondary N) is 2. The molecule has 0 atom stereocenters. The third-order valence-corrected chi connectivity index (χ3v) is 6.37. The van der Waals surface area contributed by atoms with E-state index in [-0.39, 0.29) is 17.2 Å². The van der Waals surface area contributed by atoms with Crippen molar-refractivity contribution in [3.63, 3.8) is 0 Å². The minimum Gasteiger partial charge on any atom is -0.361 e. The smallest absolute Gasteiger partial charge is 0.262 e. The zero-order valence-corrected chi connectivity index (χ0v) is 18.5. The Morgan fingerprint density at radius 2 is 1.90 bits per heavy atom. The molecule has 152 valence electrons. The van der Waals surface area contributed by atoms with Crippen LogP contribution < -0.4 is 10.0 Å². The zero-order valence-electron chi connectivity index (χ0n) is 16.1. The summed E-state index contributed by atoms with van der Waals surface area (Å²) in [6, 6.07) is 11.5. The number of aryl methyl sites for hydroxylation is 3. The lowest BCUT2D eigenvalue weighted by atomic mass is 10.1. The molecule has 1 heterocycles. The number of nitrogens with zero attached hydrogens (tertiary/aromatic N) is 1. The Hall–Kier alpha value is -2.65. The van der Waals surface area contributed by atoms with Crippen molar-refractivity contribution < 1.29 is 17.7 Å². The number of carbonyl (C=O) groups is 1. The van der Waals surface area contributed by atoms with Gasteiger partial charge in [-0.15, -0.1) is 0 Å². The van der Waals surface area contributed by atoms with Gasteiger partial charge in [0.05, 0.1) is 22.7 Å². The number of rotatable bonds is 6. The predicted octanol–water partition coefficient (Wildman–Crippen LogP) is 4.34. The maximum Gasteiger partial charge on any atom is 0.262 e. The largest absolute Gasteiger partial charge is 0.361 e. The molecule has 3 aromatic rings. The highest BCUT2D eigenvalue weighted by Crippen LogP contribution is 2.27. The second-order valence-electron chi connectivity index (χ2n) is 6.64. The molecule has 0 saturated heterocycles. The molecule has 0 spiro atoms. The van der Waals surface area contributed by atoms with Crippen LogP contribution in [0.25, 0.3) is 0 Å². The number of sulfonamides is 1. The Labute approximate surface area is 177 Å². The van der Waals surface area contributed by atoms with E-state index in [2.05, 4.69) is 31.1 Å². The molecule has 2 aromatic carbocycles. The number of anilines is 2. The van der Waals surface area contributed by atoms with Gasteiger partial charge in [0, 0.05) is 15.7 Å². The van der Waals surface area contributed by atoms with Crippen LogP contribution in [-0.2, 0) is 21.2 Å². The molecule has 0 aliphatic rings. The van der Waals surface area contributed by atoms with E-state index in [9.17, 15) is 13.2 Å².